The summed E-state index contributed by atoms with van der Waals surface area (Å²) < 4.78 is 29.1. The molecule has 3 aromatic rings. The van der Waals surface area contributed by atoms with E-state index in [0.29, 0.717) is 11.2 Å². The zero-order chi connectivity index (χ0) is 18.1. The Morgan fingerprint density at radius 1 is 1.00 bits per heavy atom. The minimum Gasteiger partial charge on any atom is -0.369 e. The Morgan fingerprint density at radius 2 is 1.69 bits per heavy atom. The zero-order valence-corrected chi connectivity index (χ0v) is 14.4. The van der Waals surface area contributed by atoms with E-state index in [1.807, 2.05) is 36.2 Å². The SMILES string of the molecule is CN1CCN(c2cc(F)c(Nc3ncc4ccccc4n3)c(F)c2)CC1. The van der Waals surface area contributed by atoms with Crippen LogP contribution in [0.25, 0.3) is 10.9 Å². The van der Waals surface area contributed by atoms with Gasteiger partial charge in [0.1, 0.15) is 5.69 Å². The van der Waals surface area contributed by atoms with Crippen LogP contribution in [-0.2, 0) is 0 Å². The third-order valence-corrected chi connectivity index (χ3v) is 4.62. The average molecular weight is 355 g/mol. The molecule has 26 heavy (non-hydrogen) atoms. The van der Waals surface area contributed by atoms with Crippen molar-refractivity contribution < 1.29 is 8.78 Å². The minimum absolute atomic E-state index is 0.161. The molecule has 2 aromatic carbocycles. The van der Waals surface area contributed by atoms with E-state index >= 15 is 0 Å². The molecule has 0 amide bonds. The maximum absolute atomic E-state index is 14.5. The molecule has 7 heteroatoms. The van der Waals surface area contributed by atoms with Crippen LogP contribution in [0.15, 0.2) is 42.6 Å². The summed E-state index contributed by atoms with van der Waals surface area (Å²) in [6, 6.07) is 10.2. The molecule has 0 atom stereocenters. The Kier molecular flexibility index (Phi) is 4.38. The predicted molar refractivity (Wildman–Crippen MR) is 98.9 cm³/mol. The number of halogens is 2. The first-order valence-electron chi connectivity index (χ1n) is 8.51. The van der Waals surface area contributed by atoms with Crippen LogP contribution < -0.4 is 10.2 Å². The lowest BCUT2D eigenvalue weighted by Crippen LogP contribution is -2.44. The van der Waals surface area contributed by atoms with Crippen LogP contribution in [0.5, 0.6) is 0 Å². The molecule has 0 aliphatic carbocycles. The van der Waals surface area contributed by atoms with Gasteiger partial charge in [-0.1, -0.05) is 18.2 Å². The number of nitrogens with one attached hydrogen (secondary N) is 1. The molecule has 1 aliphatic heterocycles. The zero-order valence-electron chi connectivity index (χ0n) is 14.4. The van der Waals surface area contributed by atoms with Gasteiger partial charge in [0.25, 0.3) is 0 Å². The van der Waals surface area contributed by atoms with Crippen molar-refractivity contribution >= 4 is 28.2 Å². The van der Waals surface area contributed by atoms with E-state index in [0.717, 1.165) is 31.6 Å². The molecule has 0 unspecified atom stereocenters. The Balaban J connectivity index is 1.60. The van der Waals surface area contributed by atoms with Crippen molar-refractivity contribution in [1.29, 1.82) is 0 Å². The highest BCUT2D eigenvalue weighted by atomic mass is 19.1. The van der Waals surface area contributed by atoms with Crippen molar-refractivity contribution in [2.24, 2.45) is 0 Å². The fourth-order valence-corrected chi connectivity index (χ4v) is 3.07. The van der Waals surface area contributed by atoms with Crippen molar-refractivity contribution in [3.05, 3.63) is 54.2 Å². The van der Waals surface area contributed by atoms with Crippen LogP contribution in [0.1, 0.15) is 0 Å². The van der Waals surface area contributed by atoms with Crippen LogP contribution in [0.4, 0.5) is 26.1 Å². The van der Waals surface area contributed by atoms with E-state index in [9.17, 15) is 8.78 Å². The number of piperazine rings is 1. The fourth-order valence-electron chi connectivity index (χ4n) is 3.07. The van der Waals surface area contributed by atoms with Crippen molar-refractivity contribution in [3.8, 4) is 0 Å². The number of rotatable bonds is 3. The van der Waals surface area contributed by atoms with E-state index in [-0.39, 0.29) is 11.6 Å². The Morgan fingerprint density at radius 3 is 2.42 bits per heavy atom. The van der Waals surface area contributed by atoms with Crippen molar-refractivity contribution in [2.45, 2.75) is 0 Å². The van der Waals surface area contributed by atoms with Gasteiger partial charge in [-0.05, 0) is 25.2 Å². The molecule has 0 bridgehead atoms. The van der Waals surface area contributed by atoms with Gasteiger partial charge in [0, 0.05) is 43.4 Å². The molecule has 1 fully saturated rings. The summed E-state index contributed by atoms with van der Waals surface area (Å²) in [5, 5.41) is 3.54. The predicted octanol–water partition coefficient (Wildman–Crippen LogP) is 3.40. The maximum atomic E-state index is 14.5. The monoisotopic (exact) mass is 355 g/mol. The summed E-state index contributed by atoms with van der Waals surface area (Å²) in [5.74, 6) is -1.15. The molecule has 1 aromatic heterocycles. The lowest BCUT2D eigenvalue weighted by Gasteiger charge is -2.34. The van der Waals surface area contributed by atoms with Crippen LogP contribution in [-0.4, -0.2) is 48.1 Å². The number of aromatic nitrogens is 2. The van der Waals surface area contributed by atoms with Gasteiger partial charge >= 0.3 is 0 Å². The normalized spacial score (nSPS) is 15.4. The topological polar surface area (TPSA) is 44.3 Å². The third-order valence-electron chi connectivity index (χ3n) is 4.62. The number of anilines is 3. The second-order valence-corrected chi connectivity index (χ2v) is 6.45. The first kappa shape index (κ1) is 16.7. The highest BCUT2D eigenvalue weighted by Gasteiger charge is 2.19. The van der Waals surface area contributed by atoms with E-state index in [4.69, 9.17) is 0 Å². The highest BCUT2D eigenvalue weighted by Crippen LogP contribution is 2.28. The molecule has 4 rings (SSSR count). The highest BCUT2D eigenvalue weighted by molar-refractivity contribution is 5.79. The minimum atomic E-state index is -0.657. The Bertz CT molecular complexity index is 915. The van der Waals surface area contributed by atoms with Gasteiger partial charge in [-0.2, -0.15) is 0 Å². The molecule has 5 nitrogen and oxygen atoms in total. The van der Waals surface area contributed by atoms with Gasteiger partial charge in [-0.3, -0.25) is 0 Å². The molecule has 0 radical (unpaired) electrons. The molecule has 2 heterocycles. The van der Waals surface area contributed by atoms with Crippen LogP contribution in [0, 0.1) is 11.6 Å². The quantitative estimate of drug-likeness (QED) is 0.780. The summed E-state index contributed by atoms with van der Waals surface area (Å²) in [5.41, 5.74) is 1.02. The molecular formula is C19H19F2N5. The first-order valence-corrected chi connectivity index (χ1v) is 8.51. The third kappa shape index (κ3) is 3.30. The molecule has 0 saturated carbocycles. The van der Waals surface area contributed by atoms with Crippen molar-refractivity contribution in [2.75, 3.05) is 43.4 Å². The maximum Gasteiger partial charge on any atom is 0.227 e. The molecular weight excluding hydrogens is 336 g/mol. The fraction of sp³-hybridized carbons (Fsp3) is 0.263. The number of fused-ring (bicyclic) bond motifs is 1. The Labute approximate surface area is 150 Å². The number of hydrogen-bond acceptors (Lipinski definition) is 5. The summed E-state index contributed by atoms with van der Waals surface area (Å²) in [7, 11) is 2.04. The first-order chi connectivity index (χ1) is 12.6. The second-order valence-electron chi connectivity index (χ2n) is 6.45. The van der Waals surface area contributed by atoms with Gasteiger partial charge in [-0.15, -0.1) is 0 Å². The number of para-hydroxylation sites is 1. The van der Waals surface area contributed by atoms with Crippen molar-refractivity contribution in [1.82, 2.24) is 14.9 Å². The number of benzene rings is 2. The van der Waals surface area contributed by atoms with Crippen LogP contribution >= 0.6 is 0 Å². The lowest BCUT2D eigenvalue weighted by molar-refractivity contribution is 0.312. The van der Waals surface area contributed by atoms with Gasteiger partial charge in [0.2, 0.25) is 5.95 Å². The number of nitrogens with zero attached hydrogens (tertiary/aromatic N) is 4. The molecule has 1 aliphatic rings. The van der Waals surface area contributed by atoms with E-state index < -0.39 is 11.6 Å². The smallest absolute Gasteiger partial charge is 0.227 e. The average Bonchev–Trinajstić information content (AvgIpc) is 2.65. The second kappa shape index (κ2) is 6.84. The van der Waals surface area contributed by atoms with Gasteiger partial charge in [0.15, 0.2) is 11.6 Å². The lowest BCUT2D eigenvalue weighted by atomic mass is 10.2. The largest absolute Gasteiger partial charge is 0.369 e. The van der Waals surface area contributed by atoms with Crippen LogP contribution in [0.3, 0.4) is 0 Å². The van der Waals surface area contributed by atoms with E-state index in [1.54, 1.807) is 6.20 Å². The van der Waals surface area contributed by atoms with E-state index in [2.05, 4.69) is 20.2 Å². The summed E-state index contributed by atoms with van der Waals surface area (Å²) in [6.45, 7) is 3.23. The summed E-state index contributed by atoms with van der Waals surface area (Å²) in [4.78, 5) is 12.6. The standard InChI is InChI=1S/C19H19F2N5/c1-25-6-8-26(9-7-25)14-10-15(20)18(16(21)11-14)24-19-22-12-13-4-2-3-5-17(13)23-19/h2-5,10-12H,6-9H2,1H3,(H,22,23,24). The van der Waals surface area contributed by atoms with Gasteiger partial charge in [0.05, 0.1) is 5.52 Å². The molecule has 1 saturated heterocycles. The Hall–Kier alpha value is -2.80. The molecule has 0 spiro atoms. The number of hydrogen-bond donors (Lipinski definition) is 1. The summed E-state index contributed by atoms with van der Waals surface area (Å²) >= 11 is 0. The number of likely N-dealkylation sites (N-methyl/N-ethyl adjacent to an activating group) is 1. The van der Waals surface area contributed by atoms with Gasteiger partial charge in [-0.25, -0.2) is 18.7 Å². The molecule has 134 valence electrons. The van der Waals surface area contributed by atoms with Crippen LogP contribution in [0.2, 0.25) is 0 Å². The van der Waals surface area contributed by atoms with Gasteiger partial charge < -0.3 is 15.1 Å². The van der Waals surface area contributed by atoms with E-state index in [1.165, 1.54) is 12.1 Å². The summed E-state index contributed by atoms with van der Waals surface area (Å²) in [6.07, 6.45) is 1.62. The molecule has 1 N–H and O–H groups in total. The van der Waals surface area contributed by atoms with Crippen molar-refractivity contribution in [3.63, 3.8) is 0 Å².